The topological polar surface area (TPSA) is 64.7 Å². The van der Waals surface area contributed by atoms with E-state index in [0.717, 1.165) is 17.7 Å². The summed E-state index contributed by atoms with van der Waals surface area (Å²) in [6, 6.07) is 7.74. The molecule has 2 atom stereocenters. The van der Waals surface area contributed by atoms with Crippen LogP contribution < -0.4 is 10.5 Å². The molecule has 4 heteroatoms. The first kappa shape index (κ1) is 16.0. The summed E-state index contributed by atoms with van der Waals surface area (Å²) >= 11 is 0. The van der Waals surface area contributed by atoms with Crippen LogP contribution in [0.4, 0.5) is 0 Å². The first-order valence-electron chi connectivity index (χ1n) is 6.81. The summed E-state index contributed by atoms with van der Waals surface area (Å²) in [6.07, 6.45) is 0.412. The number of hydrogen-bond acceptors (Lipinski definition) is 4. The van der Waals surface area contributed by atoms with Crippen LogP contribution in [0.1, 0.15) is 38.8 Å². The molecule has 19 heavy (non-hydrogen) atoms. The summed E-state index contributed by atoms with van der Waals surface area (Å²) in [4.78, 5) is 0. The molecule has 1 rings (SSSR count). The summed E-state index contributed by atoms with van der Waals surface area (Å²) in [6.45, 7) is 6.44. The van der Waals surface area contributed by atoms with Gasteiger partial charge in [-0.2, -0.15) is 0 Å². The molecule has 4 nitrogen and oxygen atoms in total. The smallest absolute Gasteiger partial charge is 0.119 e. The molecule has 0 amide bonds. The summed E-state index contributed by atoms with van der Waals surface area (Å²) in [5.74, 6) is 0.732. The normalized spacial score (nSPS) is 14.4. The van der Waals surface area contributed by atoms with E-state index < -0.39 is 6.10 Å². The molecule has 0 bridgehead atoms. The molecule has 0 aromatic heterocycles. The van der Waals surface area contributed by atoms with Crippen molar-refractivity contribution >= 4 is 0 Å². The fraction of sp³-hybridized carbons (Fsp3) is 0.600. The summed E-state index contributed by atoms with van der Waals surface area (Å²) in [7, 11) is 0. The number of nitrogens with two attached hydrogens (primary N) is 1. The van der Waals surface area contributed by atoms with Crippen LogP contribution >= 0.6 is 0 Å². The maximum atomic E-state index is 9.67. The highest BCUT2D eigenvalue weighted by molar-refractivity contribution is 5.28. The zero-order chi connectivity index (χ0) is 14.3. The molecule has 0 aliphatic carbocycles. The molecular formula is C15H25NO3. The third-order valence-corrected chi connectivity index (χ3v) is 2.81. The van der Waals surface area contributed by atoms with Crippen LogP contribution in [0.2, 0.25) is 0 Å². The predicted octanol–water partition coefficient (Wildman–Crippen LogP) is 2.26. The van der Waals surface area contributed by atoms with Gasteiger partial charge in [-0.15, -0.1) is 0 Å². The number of rotatable bonds is 8. The second-order valence-electron chi connectivity index (χ2n) is 4.93. The number of hydrogen-bond donors (Lipinski definition) is 2. The third-order valence-electron chi connectivity index (χ3n) is 2.81. The molecule has 0 heterocycles. The zero-order valence-electron chi connectivity index (χ0n) is 12.0. The van der Waals surface area contributed by atoms with E-state index in [1.807, 2.05) is 38.1 Å². The van der Waals surface area contributed by atoms with Gasteiger partial charge in [0.25, 0.3) is 0 Å². The average Bonchev–Trinajstić information content (AvgIpc) is 2.42. The molecule has 0 saturated carbocycles. The molecule has 1 aromatic rings. The van der Waals surface area contributed by atoms with Crippen molar-refractivity contribution in [2.75, 3.05) is 13.2 Å². The van der Waals surface area contributed by atoms with Gasteiger partial charge in [-0.1, -0.05) is 19.1 Å². The highest BCUT2D eigenvalue weighted by Gasteiger charge is 2.07. The molecule has 3 N–H and O–H groups in total. The Labute approximate surface area is 115 Å². The van der Waals surface area contributed by atoms with Gasteiger partial charge in [0, 0.05) is 6.04 Å². The van der Waals surface area contributed by atoms with Crippen molar-refractivity contribution in [3.63, 3.8) is 0 Å². The third kappa shape index (κ3) is 6.05. The lowest BCUT2D eigenvalue weighted by Crippen LogP contribution is -2.25. The van der Waals surface area contributed by atoms with E-state index in [9.17, 15) is 5.11 Å². The van der Waals surface area contributed by atoms with Gasteiger partial charge in [-0.25, -0.2) is 0 Å². The Morgan fingerprint density at radius 3 is 2.32 bits per heavy atom. The minimum absolute atomic E-state index is 0.0686. The molecule has 0 aliphatic rings. The highest BCUT2D eigenvalue weighted by atomic mass is 16.5. The number of aliphatic hydroxyl groups excluding tert-OH is 1. The van der Waals surface area contributed by atoms with E-state index >= 15 is 0 Å². The van der Waals surface area contributed by atoms with Gasteiger partial charge in [-0.3, -0.25) is 0 Å². The Hall–Kier alpha value is -1.10. The number of ether oxygens (including phenoxy) is 2. The van der Waals surface area contributed by atoms with E-state index in [2.05, 4.69) is 6.92 Å². The van der Waals surface area contributed by atoms with Crippen LogP contribution in [0, 0.1) is 0 Å². The number of benzene rings is 1. The van der Waals surface area contributed by atoms with E-state index in [4.69, 9.17) is 15.2 Å². The minimum Gasteiger partial charge on any atom is -0.491 e. The van der Waals surface area contributed by atoms with Crippen LogP contribution in [0.3, 0.4) is 0 Å². The van der Waals surface area contributed by atoms with Crippen LogP contribution in [0.5, 0.6) is 5.75 Å². The van der Waals surface area contributed by atoms with E-state index in [1.54, 1.807) is 0 Å². The fourth-order valence-electron chi connectivity index (χ4n) is 1.59. The second-order valence-corrected chi connectivity index (χ2v) is 4.93. The Bertz CT molecular complexity index is 351. The second kappa shape index (κ2) is 8.15. The maximum Gasteiger partial charge on any atom is 0.119 e. The van der Waals surface area contributed by atoms with Crippen molar-refractivity contribution in [3.8, 4) is 5.75 Å². The van der Waals surface area contributed by atoms with Gasteiger partial charge in [0.05, 0.1) is 12.7 Å². The lowest BCUT2D eigenvalue weighted by atomic mass is 10.1. The van der Waals surface area contributed by atoms with Crippen LogP contribution in [-0.2, 0) is 4.74 Å². The first-order chi connectivity index (χ1) is 9.02. The molecule has 108 valence electrons. The molecular weight excluding hydrogens is 242 g/mol. The molecule has 1 aromatic carbocycles. The van der Waals surface area contributed by atoms with E-state index in [0.29, 0.717) is 0 Å². The largest absolute Gasteiger partial charge is 0.491 e. The van der Waals surface area contributed by atoms with Gasteiger partial charge < -0.3 is 20.3 Å². The van der Waals surface area contributed by atoms with Crippen molar-refractivity contribution < 1.29 is 14.6 Å². The van der Waals surface area contributed by atoms with Crippen molar-refractivity contribution in [1.29, 1.82) is 0 Å². The van der Waals surface area contributed by atoms with E-state index in [-0.39, 0.29) is 25.4 Å². The van der Waals surface area contributed by atoms with Crippen LogP contribution in [0.15, 0.2) is 24.3 Å². The summed E-state index contributed by atoms with van der Waals surface area (Å²) in [5, 5.41) is 9.67. The van der Waals surface area contributed by atoms with Crippen molar-refractivity contribution in [2.45, 2.75) is 45.4 Å². The first-order valence-corrected chi connectivity index (χ1v) is 6.81. The van der Waals surface area contributed by atoms with Gasteiger partial charge in [0.1, 0.15) is 18.5 Å². The SMILES string of the molecule is CCC(N)c1ccc(OCC(O)COC(C)C)cc1. The highest BCUT2D eigenvalue weighted by Crippen LogP contribution is 2.18. The lowest BCUT2D eigenvalue weighted by molar-refractivity contribution is -0.0122. The van der Waals surface area contributed by atoms with E-state index in [1.165, 1.54) is 0 Å². The van der Waals surface area contributed by atoms with Gasteiger partial charge in [0.2, 0.25) is 0 Å². The summed E-state index contributed by atoms with van der Waals surface area (Å²) in [5.41, 5.74) is 7.03. The molecule has 0 fully saturated rings. The lowest BCUT2D eigenvalue weighted by Gasteiger charge is -2.15. The van der Waals surface area contributed by atoms with Crippen LogP contribution in [-0.4, -0.2) is 30.5 Å². The average molecular weight is 267 g/mol. The Balaban J connectivity index is 2.37. The molecule has 0 radical (unpaired) electrons. The molecule has 0 aliphatic heterocycles. The Morgan fingerprint density at radius 2 is 1.79 bits per heavy atom. The fourth-order valence-corrected chi connectivity index (χ4v) is 1.59. The molecule has 2 unspecified atom stereocenters. The van der Waals surface area contributed by atoms with Gasteiger partial charge >= 0.3 is 0 Å². The number of aliphatic hydroxyl groups is 1. The summed E-state index contributed by atoms with van der Waals surface area (Å²) < 4.78 is 10.8. The minimum atomic E-state index is -0.611. The Morgan fingerprint density at radius 1 is 1.16 bits per heavy atom. The van der Waals surface area contributed by atoms with Gasteiger partial charge in [0.15, 0.2) is 0 Å². The van der Waals surface area contributed by atoms with Crippen molar-refractivity contribution in [2.24, 2.45) is 5.73 Å². The van der Waals surface area contributed by atoms with Gasteiger partial charge in [-0.05, 0) is 38.0 Å². The standard InChI is InChI=1S/C15H25NO3/c1-4-15(16)12-5-7-14(8-6-12)19-10-13(17)9-18-11(2)3/h5-8,11,13,15,17H,4,9-10,16H2,1-3H3. The quantitative estimate of drug-likeness (QED) is 0.758. The van der Waals surface area contributed by atoms with Crippen LogP contribution in [0.25, 0.3) is 0 Å². The zero-order valence-corrected chi connectivity index (χ0v) is 12.0. The molecule has 0 spiro atoms. The monoisotopic (exact) mass is 267 g/mol. The van der Waals surface area contributed by atoms with Crippen molar-refractivity contribution in [3.05, 3.63) is 29.8 Å². The van der Waals surface area contributed by atoms with Crippen molar-refractivity contribution in [1.82, 2.24) is 0 Å². The maximum absolute atomic E-state index is 9.67. The molecule has 0 saturated heterocycles. The predicted molar refractivity (Wildman–Crippen MR) is 76.3 cm³/mol. The Kier molecular flexibility index (Phi) is 6.84.